The van der Waals surface area contributed by atoms with E-state index in [9.17, 15) is 5.11 Å². The van der Waals surface area contributed by atoms with Gasteiger partial charge in [0.25, 0.3) is 0 Å². The fourth-order valence-electron chi connectivity index (χ4n) is 0.383. The van der Waals surface area contributed by atoms with Gasteiger partial charge in [0.1, 0.15) is 0 Å². The van der Waals surface area contributed by atoms with Gasteiger partial charge in [0.05, 0.1) is 0 Å². The molecule has 0 rings (SSSR count). The van der Waals surface area contributed by atoms with Crippen LogP contribution in [-0.2, 0) is 5.11 Å². The zero-order valence-corrected chi connectivity index (χ0v) is 6.30. The summed E-state index contributed by atoms with van der Waals surface area (Å²) in [5.74, 6) is 0. The molecule has 0 aromatic carbocycles. The summed E-state index contributed by atoms with van der Waals surface area (Å²) in [5, 5.41) is 10.4. The zero-order valence-electron chi connectivity index (χ0n) is 4.79. The fourth-order valence-corrected chi connectivity index (χ4v) is 0.650. The van der Waals surface area contributed by atoms with Crippen molar-refractivity contribution in [3.63, 3.8) is 0 Å². The zero-order chi connectivity index (χ0) is 6.62. The Morgan fingerprint density at radius 1 is 1.50 bits per heavy atom. The van der Waals surface area contributed by atoms with E-state index in [-0.39, 0.29) is 0 Å². The predicted molar refractivity (Wildman–Crippen MR) is 34.6 cm³/mol. The topological polar surface area (TPSA) is 19.9 Å². The van der Waals surface area contributed by atoms with Crippen molar-refractivity contribution >= 4 is 23.2 Å². The first-order valence-corrected chi connectivity index (χ1v) is 3.40. The second kappa shape index (κ2) is 3.54. The Kier molecular flexibility index (Phi) is 3.78. The van der Waals surface area contributed by atoms with Crippen LogP contribution in [0.3, 0.4) is 0 Å². The second-order valence-corrected chi connectivity index (χ2v) is 3.16. The lowest BCUT2D eigenvalue weighted by Gasteiger charge is -2.05. The SMILES string of the molecule is CCCCC([O])(Cl)Cl. The highest BCUT2D eigenvalue weighted by Crippen LogP contribution is 2.23. The van der Waals surface area contributed by atoms with Gasteiger partial charge in [-0.15, -0.1) is 0 Å². The molecule has 0 fully saturated rings. The monoisotopic (exact) mass is 155 g/mol. The van der Waals surface area contributed by atoms with Gasteiger partial charge >= 0.3 is 0 Å². The summed E-state index contributed by atoms with van der Waals surface area (Å²) < 4.78 is -1.75. The Bertz CT molecular complexity index is 57.9. The Morgan fingerprint density at radius 2 is 2.00 bits per heavy atom. The summed E-state index contributed by atoms with van der Waals surface area (Å²) in [4.78, 5) is 0. The average molecular weight is 156 g/mol. The molecule has 0 heterocycles. The molecule has 0 aliphatic heterocycles. The Morgan fingerprint density at radius 3 is 2.12 bits per heavy atom. The van der Waals surface area contributed by atoms with Gasteiger partial charge < -0.3 is 0 Å². The van der Waals surface area contributed by atoms with E-state index in [0.717, 1.165) is 12.8 Å². The minimum atomic E-state index is -1.75. The number of halogens is 2. The van der Waals surface area contributed by atoms with Crippen molar-refractivity contribution in [2.45, 2.75) is 30.7 Å². The normalized spacial score (nSPS) is 12.0. The van der Waals surface area contributed by atoms with Crippen molar-refractivity contribution in [3.05, 3.63) is 0 Å². The summed E-state index contributed by atoms with van der Waals surface area (Å²) in [6, 6.07) is 0. The van der Waals surface area contributed by atoms with Gasteiger partial charge in [-0.05, 0) is 6.42 Å². The van der Waals surface area contributed by atoms with Crippen LogP contribution in [0.25, 0.3) is 0 Å². The van der Waals surface area contributed by atoms with E-state index in [1.807, 2.05) is 6.92 Å². The predicted octanol–water partition coefficient (Wildman–Crippen LogP) is 2.74. The van der Waals surface area contributed by atoms with E-state index in [0.29, 0.717) is 6.42 Å². The van der Waals surface area contributed by atoms with Crippen molar-refractivity contribution in [1.29, 1.82) is 0 Å². The van der Waals surface area contributed by atoms with Crippen LogP contribution in [-0.4, -0.2) is 4.52 Å². The van der Waals surface area contributed by atoms with E-state index < -0.39 is 4.52 Å². The van der Waals surface area contributed by atoms with Crippen molar-refractivity contribution in [3.8, 4) is 0 Å². The summed E-state index contributed by atoms with van der Waals surface area (Å²) in [6.07, 6.45) is 2.10. The number of unbranched alkanes of at least 4 members (excludes halogenated alkanes) is 1. The first-order valence-electron chi connectivity index (χ1n) is 2.64. The van der Waals surface area contributed by atoms with Gasteiger partial charge in [-0.25, -0.2) is 0 Å². The molecule has 0 aromatic rings. The standard InChI is InChI=1S/C5H9Cl2O/c1-2-3-4-5(6,7)8/h2-4H2,1H3. The molecule has 0 amide bonds. The third kappa shape index (κ3) is 6.54. The van der Waals surface area contributed by atoms with E-state index in [1.54, 1.807) is 0 Å². The maximum atomic E-state index is 10.4. The molecule has 0 N–H and O–H groups in total. The lowest BCUT2D eigenvalue weighted by Crippen LogP contribution is -2.07. The second-order valence-electron chi connectivity index (χ2n) is 1.74. The molecular weight excluding hydrogens is 147 g/mol. The van der Waals surface area contributed by atoms with Crippen molar-refractivity contribution < 1.29 is 5.11 Å². The van der Waals surface area contributed by atoms with Gasteiger partial charge in [0.2, 0.25) is 4.52 Å². The van der Waals surface area contributed by atoms with Crippen LogP contribution in [0.5, 0.6) is 0 Å². The molecule has 3 heteroatoms. The molecule has 0 saturated carbocycles. The van der Waals surface area contributed by atoms with Crippen LogP contribution in [0, 0.1) is 0 Å². The first kappa shape index (κ1) is 8.54. The van der Waals surface area contributed by atoms with E-state index in [4.69, 9.17) is 23.2 Å². The fraction of sp³-hybridized carbons (Fsp3) is 1.00. The minimum absolute atomic E-state index is 0.340. The van der Waals surface area contributed by atoms with Gasteiger partial charge in [-0.2, -0.15) is 5.11 Å². The van der Waals surface area contributed by atoms with E-state index >= 15 is 0 Å². The Balaban J connectivity index is 3.11. The Labute approximate surface area is 59.6 Å². The third-order valence-electron chi connectivity index (χ3n) is 0.821. The van der Waals surface area contributed by atoms with Gasteiger partial charge in [-0.3, -0.25) is 0 Å². The molecule has 0 aliphatic carbocycles. The first-order chi connectivity index (χ1) is 3.56. The maximum absolute atomic E-state index is 10.4. The highest BCUT2D eigenvalue weighted by Gasteiger charge is 2.19. The van der Waals surface area contributed by atoms with Crippen molar-refractivity contribution in [2.75, 3.05) is 0 Å². The molecule has 0 aromatic heterocycles. The summed E-state index contributed by atoms with van der Waals surface area (Å²) in [5.41, 5.74) is 0. The largest absolute Gasteiger partial charge is 0.249 e. The molecule has 0 bridgehead atoms. The van der Waals surface area contributed by atoms with Crippen LogP contribution in [0.1, 0.15) is 26.2 Å². The van der Waals surface area contributed by atoms with Crippen LogP contribution >= 0.6 is 23.2 Å². The lowest BCUT2D eigenvalue weighted by atomic mass is 10.3. The quantitative estimate of drug-likeness (QED) is 0.560. The molecule has 0 aliphatic rings. The van der Waals surface area contributed by atoms with Crippen LogP contribution in [0.2, 0.25) is 0 Å². The van der Waals surface area contributed by atoms with Crippen LogP contribution < -0.4 is 0 Å². The summed E-state index contributed by atoms with van der Waals surface area (Å²) in [6.45, 7) is 1.99. The molecule has 49 valence electrons. The van der Waals surface area contributed by atoms with Gasteiger partial charge in [0.15, 0.2) is 0 Å². The average Bonchev–Trinajstić information content (AvgIpc) is 1.59. The van der Waals surface area contributed by atoms with Gasteiger partial charge in [-0.1, -0.05) is 36.5 Å². The smallest absolute Gasteiger partial charge is 0.194 e. The molecule has 8 heavy (non-hydrogen) atoms. The van der Waals surface area contributed by atoms with Crippen molar-refractivity contribution in [1.82, 2.24) is 0 Å². The summed E-state index contributed by atoms with van der Waals surface area (Å²) in [7, 11) is 0. The van der Waals surface area contributed by atoms with Crippen LogP contribution in [0.15, 0.2) is 0 Å². The number of rotatable bonds is 3. The molecule has 0 saturated heterocycles. The Hall–Kier alpha value is 0.540. The number of hydrogen-bond acceptors (Lipinski definition) is 0. The molecule has 1 radical (unpaired) electrons. The van der Waals surface area contributed by atoms with E-state index in [2.05, 4.69) is 0 Å². The number of alkyl halides is 2. The molecular formula is C5H9Cl2O. The molecule has 0 spiro atoms. The number of hydrogen-bond donors (Lipinski definition) is 0. The molecule has 1 nitrogen and oxygen atoms in total. The van der Waals surface area contributed by atoms with Crippen LogP contribution in [0.4, 0.5) is 0 Å². The molecule has 0 atom stereocenters. The summed E-state index contributed by atoms with van der Waals surface area (Å²) >= 11 is 10.2. The highest BCUT2D eigenvalue weighted by atomic mass is 35.5. The lowest BCUT2D eigenvalue weighted by molar-refractivity contribution is 0.111. The minimum Gasteiger partial charge on any atom is -0.194 e. The van der Waals surface area contributed by atoms with Crippen molar-refractivity contribution in [2.24, 2.45) is 0 Å². The third-order valence-corrected chi connectivity index (χ3v) is 1.20. The van der Waals surface area contributed by atoms with E-state index in [1.165, 1.54) is 0 Å². The highest BCUT2D eigenvalue weighted by molar-refractivity contribution is 6.46. The maximum Gasteiger partial charge on any atom is 0.249 e. The van der Waals surface area contributed by atoms with Gasteiger partial charge in [0, 0.05) is 6.42 Å². The molecule has 0 unspecified atom stereocenters.